The Labute approximate surface area is 836 Å². The molecule has 14 aromatic rings. The molecule has 0 N–H and O–H groups in total. The summed E-state index contributed by atoms with van der Waals surface area (Å²) in [5, 5.41) is 5.03. The molecule has 1 fully saturated rings. The van der Waals surface area contributed by atoms with Gasteiger partial charge in [0.15, 0.2) is 0 Å². The van der Waals surface area contributed by atoms with E-state index in [0.717, 1.165) is 79.8 Å². The molecule has 1 unspecified atom stereocenters. The van der Waals surface area contributed by atoms with Gasteiger partial charge in [0.1, 0.15) is 11.2 Å². The fourth-order valence-electron chi connectivity index (χ4n) is 29.9. The third kappa shape index (κ3) is 12.7. The summed E-state index contributed by atoms with van der Waals surface area (Å²) in [6.45, 7) is 74.0. The van der Waals surface area contributed by atoms with Crippen molar-refractivity contribution < 1.29 is 8.83 Å². The lowest BCUT2D eigenvalue weighted by Crippen LogP contribution is -2.61. The molecule has 2 aromatic heterocycles. The van der Waals surface area contributed by atoms with Gasteiger partial charge in [0.25, 0.3) is 13.4 Å². The molecule has 4 aliphatic heterocycles. The summed E-state index contributed by atoms with van der Waals surface area (Å²) in [5.41, 5.74) is 48.8. The van der Waals surface area contributed by atoms with Crippen LogP contribution in [-0.4, -0.2) is 13.4 Å². The van der Waals surface area contributed by atoms with Crippen LogP contribution in [0.1, 0.15) is 378 Å². The van der Waals surface area contributed by atoms with E-state index < -0.39 is 0 Å². The van der Waals surface area contributed by atoms with Gasteiger partial charge in [-0.1, -0.05) is 279 Å². The number of fused-ring (bicyclic) bond motifs is 20. The first kappa shape index (κ1) is 90.6. The Kier molecular flexibility index (Phi) is 18.6. The topological polar surface area (TPSA) is 39.2 Å². The number of furan rings is 2. The van der Waals surface area contributed by atoms with Gasteiger partial charge in [-0.25, -0.2) is 0 Å². The predicted molar refractivity (Wildman–Crippen MR) is 598 cm³/mol. The average Bonchev–Trinajstić information content (AvgIpc) is 1.41. The lowest BCUT2D eigenvalue weighted by molar-refractivity contribution is 0.188. The van der Waals surface area contributed by atoms with Gasteiger partial charge in [-0.05, 0) is 421 Å². The first-order valence-electron chi connectivity index (χ1n) is 53.8. The smallest absolute Gasteiger partial charge is 0.297 e. The highest BCUT2D eigenvalue weighted by molar-refractivity contribution is 7.02. The molecular formula is C132H148B2N4O2. The molecule has 1 saturated carbocycles. The molecule has 0 saturated heterocycles. The SMILES string of the molecule is Cc1cc2c3c(c1)N(c1ccc4c(c1)C(C)(C)CCC4(C)C)c1oc4cc5c(cc4c1B3c1cc(C(C)(C)C)ccc1N2c1ccc2c(c1)C(C)(C)CCC2(C)C)C(C)(C)C(c1cccc2c(-c3cc4c6c(c3)N(c3ccc7c(c3)C(C)(C)CCC7(C)C)c3c(oc7cc8c(cc37)C3(C)CCC8(C)CC3)B6c3ccc(C(C)(C)C)cc3N4c3cc4c(cc3C)C(C)(C)CCC4(C)C)cccc12)CC5(C)C. The molecule has 6 heterocycles. The van der Waals surface area contributed by atoms with E-state index in [1.807, 2.05) is 0 Å². The Morgan fingerprint density at radius 3 is 1.31 bits per heavy atom. The quantitative estimate of drug-likeness (QED) is 0.155. The van der Waals surface area contributed by atoms with Gasteiger partial charge in [0.05, 0.1) is 11.3 Å². The normalized spacial score (nSPS) is 22.9. The zero-order chi connectivity index (χ0) is 98.4. The number of rotatable bonds is 6. The largest absolute Gasteiger partial charge is 0.468 e. The molecule has 0 spiro atoms. The zero-order valence-electron chi connectivity index (χ0n) is 89.9. The van der Waals surface area contributed by atoms with E-state index in [-0.39, 0.29) is 95.2 Å². The first-order valence-corrected chi connectivity index (χ1v) is 53.8. The molecule has 8 heteroatoms. The summed E-state index contributed by atoms with van der Waals surface area (Å²) in [7, 11) is 0. The van der Waals surface area contributed by atoms with Gasteiger partial charge in [-0.15, -0.1) is 0 Å². The summed E-state index contributed by atoms with van der Waals surface area (Å²) in [5.74, 6) is 1.04. The maximum Gasteiger partial charge on any atom is 0.297 e. The second kappa shape index (κ2) is 28.7. The molecule has 0 radical (unpaired) electrons. The van der Waals surface area contributed by atoms with Crippen LogP contribution in [0.25, 0.3) is 43.8 Å². The van der Waals surface area contributed by atoms with Crippen LogP contribution in [0.15, 0.2) is 197 Å². The molecular weight excluding hydrogens is 1700 g/mol. The van der Waals surface area contributed by atoms with Gasteiger partial charge < -0.3 is 23.5 Å². The van der Waals surface area contributed by atoms with Crippen molar-refractivity contribution in [2.45, 2.75) is 373 Å². The Morgan fingerprint density at radius 2 is 0.743 bits per heavy atom. The molecule has 26 rings (SSSR count). The monoisotopic (exact) mass is 1840 g/mol. The second-order valence-corrected chi connectivity index (χ2v) is 55.5. The standard InChI is InChI=1S/C132H148B2N4O2/c1-75-59-107-114-108(60-75)137(82-41-44-91-95(68-82)127(21,22)52-49-123(91,13)14)118-113(133(114)103-64-78(119(3,4)5)38-46-104(103)135(107)80-39-42-89-93(66-80)125(17,18)50-47-121(89,9)10)87-69-98-97(72-111(87)140-118)129(25,26)74-101(130(98,27)28)86-36-32-34-84-83(33-31-35-85(84)86)77-62-109-115-110(63-77)138(105-71-96-92(61-76(105)2)124(15,16)53-54-128(96,23)24)106-65-79(120(6,7)8)37-45-102(106)134(115)117-116(136(109)81-40-43-90-94(67-81)126(19,20)51-48-122(90,11)12)88-70-99-100(73-112(88)139-117)132(30)57-55-131(99,29)56-58-132/h31-46,59-73,101H,47-58,74H2,1-30H3. The summed E-state index contributed by atoms with van der Waals surface area (Å²) in [6, 6.07) is 78.9. The summed E-state index contributed by atoms with van der Waals surface area (Å²) < 4.78 is 16.2. The van der Waals surface area contributed by atoms with E-state index in [0.29, 0.717) is 0 Å². The minimum absolute atomic E-state index is 0.0105. The van der Waals surface area contributed by atoms with E-state index in [4.69, 9.17) is 8.83 Å². The maximum atomic E-state index is 8.09. The Balaban J connectivity index is 0.716. The van der Waals surface area contributed by atoms with Crippen molar-refractivity contribution in [3.8, 4) is 11.1 Å². The van der Waals surface area contributed by atoms with Crippen LogP contribution in [0, 0.1) is 13.8 Å². The van der Waals surface area contributed by atoms with Crippen molar-refractivity contribution in [1.82, 2.24) is 0 Å². The number of aryl methyl sites for hydroxylation is 2. The van der Waals surface area contributed by atoms with Gasteiger partial charge in [-0.3, -0.25) is 4.90 Å². The maximum absolute atomic E-state index is 8.09. The first-order chi connectivity index (χ1) is 65.6. The average molecular weight is 1840 g/mol. The molecule has 140 heavy (non-hydrogen) atoms. The van der Waals surface area contributed by atoms with Crippen molar-refractivity contribution >= 4 is 148 Å². The van der Waals surface area contributed by atoms with Crippen LogP contribution in [0.2, 0.25) is 0 Å². The minimum Gasteiger partial charge on any atom is -0.468 e. The van der Waals surface area contributed by atoms with Crippen molar-refractivity contribution in [1.29, 1.82) is 0 Å². The van der Waals surface area contributed by atoms with E-state index in [2.05, 4.69) is 415 Å². The molecule has 2 bridgehead atoms. The van der Waals surface area contributed by atoms with Crippen molar-refractivity contribution in [2.24, 2.45) is 0 Å². The highest BCUT2D eigenvalue weighted by atomic mass is 16.4. The van der Waals surface area contributed by atoms with Gasteiger partial charge in [-0.2, -0.15) is 0 Å². The number of hydrogen-bond donors (Lipinski definition) is 0. The highest BCUT2D eigenvalue weighted by Crippen LogP contribution is 2.64. The van der Waals surface area contributed by atoms with Crippen LogP contribution >= 0.6 is 0 Å². The van der Waals surface area contributed by atoms with Crippen LogP contribution < -0.4 is 52.6 Å². The Morgan fingerprint density at radius 1 is 0.300 bits per heavy atom. The molecule has 0 amide bonds. The third-order valence-electron chi connectivity index (χ3n) is 39.6. The van der Waals surface area contributed by atoms with Crippen molar-refractivity contribution in [3.05, 3.63) is 283 Å². The third-order valence-corrected chi connectivity index (χ3v) is 39.6. The van der Waals surface area contributed by atoms with E-state index in [1.165, 1.54) is 244 Å². The number of nitrogens with zero attached hydrogens (tertiary/aromatic N) is 4. The van der Waals surface area contributed by atoms with Gasteiger partial charge >= 0.3 is 0 Å². The molecule has 8 aliphatic carbocycles. The lowest BCUT2D eigenvalue weighted by Gasteiger charge is -2.52. The molecule has 12 aliphatic rings. The minimum atomic E-state index is -0.381. The van der Waals surface area contributed by atoms with Crippen molar-refractivity contribution in [2.75, 3.05) is 19.6 Å². The van der Waals surface area contributed by atoms with Gasteiger partial charge in [0, 0.05) is 73.1 Å². The summed E-state index contributed by atoms with van der Waals surface area (Å²) in [6.07, 6.45) is 14.9. The molecule has 12 aromatic carbocycles. The van der Waals surface area contributed by atoms with Crippen LogP contribution in [0.3, 0.4) is 0 Å². The zero-order valence-corrected chi connectivity index (χ0v) is 89.9. The molecule has 714 valence electrons. The second-order valence-electron chi connectivity index (χ2n) is 55.5. The van der Waals surface area contributed by atoms with E-state index in [1.54, 1.807) is 0 Å². The fraction of sp³-hybridized carbons (Fsp3) is 0.439. The Bertz CT molecular complexity index is 7800. The fourth-order valence-corrected chi connectivity index (χ4v) is 29.9. The van der Waals surface area contributed by atoms with E-state index in [9.17, 15) is 0 Å². The predicted octanol–water partition coefficient (Wildman–Crippen LogP) is 32.6. The number of benzene rings is 12. The Hall–Kier alpha value is -10.7. The summed E-state index contributed by atoms with van der Waals surface area (Å²) >= 11 is 0. The summed E-state index contributed by atoms with van der Waals surface area (Å²) in [4.78, 5) is 10.8. The molecule has 6 nitrogen and oxygen atoms in total. The lowest BCUT2D eigenvalue weighted by atomic mass is 9.33. The van der Waals surface area contributed by atoms with Crippen LogP contribution in [-0.2, 0) is 75.8 Å². The van der Waals surface area contributed by atoms with Crippen molar-refractivity contribution in [3.63, 3.8) is 0 Å². The van der Waals surface area contributed by atoms with Crippen LogP contribution in [0.5, 0.6) is 0 Å². The number of hydrogen-bond acceptors (Lipinski definition) is 6. The van der Waals surface area contributed by atoms with E-state index >= 15 is 0 Å². The highest BCUT2D eigenvalue weighted by Gasteiger charge is 2.56. The molecule has 1 atom stereocenters. The number of anilines is 12. The van der Waals surface area contributed by atoms with Crippen LogP contribution in [0.4, 0.5) is 68.4 Å². The van der Waals surface area contributed by atoms with Gasteiger partial charge in [0.2, 0.25) is 5.88 Å².